The lowest BCUT2D eigenvalue weighted by atomic mass is 9.91. The van der Waals surface area contributed by atoms with Gasteiger partial charge in [0.25, 0.3) is 0 Å². The number of hydrogen-bond donors (Lipinski definition) is 2. The Morgan fingerprint density at radius 3 is 2.67 bits per heavy atom. The molecule has 2 N–H and O–H groups in total. The fraction of sp³-hybridized carbons (Fsp3) is 0.500. The standard InChI is InChI=1S/C14H19NO3/c1-10-3-4-12(7-11(10)2)13-8-14(9-17,5-6-16)18-15-13/h3-4,7,16-17H,5-6,8-9H2,1-2H3. The molecule has 0 saturated heterocycles. The lowest BCUT2D eigenvalue weighted by Crippen LogP contribution is -2.34. The Morgan fingerprint density at radius 1 is 1.28 bits per heavy atom. The molecule has 18 heavy (non-hydrogen) atoms. The molecule has 2 rings (SSSR count). The smallest absolute Gasteiger partial charge is 0.168 e. The average molecular weight is 249 g/mol. The maximum absolute atomic E-state index is 9.40. The van der Waals surface area contributed by atoms with Crippen LogP contribution in [0, 0.1) is 13.8 Å². The van der Waals surface area contributed by atoms with Crippen LogP contribution >= 0.6 is 0 Å². The minimum absolute atomic E-state index is 0.0176. The number of aliphatic hydroxyl groups excluding tert-OH is 2. The molecule has 0 fully saturated rings. The third-order valence-electron chi connectivity index (χ3n) is 3.53. The zero-order valence-electron chi connectivity index (χ0n) is 10.8. The van der Waals surface area contributed by atoms with Crippen molar-refractivity contribution in [3.63, 3.8) is 0 Å². The molecule has 4 heteroatoms. The van der Waals surface area contributed by atoms with Crippen LogP contribution in [0.4, 0.5) is 0 Å². The van der Waals surface area contributed by atoms with Crippen LogP contribution in [0.3, 0.4) is 0 Å². The molecule has 0 saturated carbocycles. The van der Waals surface area contributed by atoms with Crippen molar-refractivity contribution >= 4 is 5.71 Å². The minimum atomic E-state index is -0.747. The zero-order valence-corrected chi connectivity index (χ0v) is 10.8. The summed E-state index contributed by atoms with van der Waals surface area (Å²) in [6.07, 6.45) is 0.925. The maximum Gasteiger partial charge on any atom is 0.168 e. The van der Waals surface area contributed by atoms with Crippen LogP contribution in [0.5, 0.6) is 0 Å². The number of rotatable bonds is 4. The van der Waals surface area contributed by atoms with Crippen molar-refractivity contribution in [2.24, 2.45) is 5.16 Å². The summed E-state index contributed by atoms with van der Waals surface area (Å²) in [5.41, 5.74) is 3.55. The van der Waals surface area contributed by atoms with Crippen molar-refractivity contribution in [3.8, 4) is 0 Å². The van der Waals surface area contributed by atoms with Crippen molar-refractivity contribution in [1.82, 2.24) is 0 Å². The highest BCUT2D eigenvalue weighted by Gasteiger charge is 2.38. The SMILES string of the molecule is Cc1ccc(C2=NOC(CO)(CCO)C2)cc1C. The maximum atomic E-state index is 9.40. The van der Waals surface area contributed by atoms with Gasteiger partial charge in [0.05, 0.1) is 12.3 Å². The van der Waals surface area contributed by atoms with E-state index in [1.54, 1.807) is 0 Å². The second kappa shape index (κ2) is 5.08. The number of oxime groups is 1. The van der Waals surface area contributed by atoms with E-state index in [0.29, 0.717) is 12.8 Å². The van der Waals surface area contributed by atoms with Crippen LogP contribution in [-0.4, -0.2) is 34.7 Å². The molecule has 0 radical (unpaired) electrons. The van der Waals surface area contributed by atoms with Gasteiger partial charge in [0.2, 0.25) is 0 Å². The Morgan fingerprint density at radius 2 is 2.06 bits per heavy atom. The first-order valence-electron chi connectivity index (χ1n) is 6.15. The predicted molar refractivity (Wildman–Crippen MR) is 69.7 cm³/mol. The van der Waals surface area contributed by atoms with Crippen LogP contribution in [0.2, 0.25) is 0 Å². The number of hydrogen-bond acceptors (Lipinski definition) is 4. The Balaban J connectivity index is 2.19. The van der Waals surface area contributed by atoms with E-state index in [9.17, 15) is 5.11 Å². The van der Waals surface area contributed by atoms with E-state index in [1.807, 2.05) is 6.07 Å². The molecule has 1 aliphatic heterocycles. The lowest BCUT2D eigenvalue weighted by Gasteiger charge is -2.22. The highest BCUT2D eigenvalue weighted by Crippen LogP contribution is 2.29. The minimum Gasteiger partial charge on any atom is -0.396 e. The molecule has 98 valence electrons. The van der Waals surface area contributed by atoms with Crippen molar-refractivity contribution < 1.29 is 15.1 Å². The summed E-state index contributed by atoms with van der Waals surface area (Å²) in [6.45, 7) is 3.97. The van der Waals surface area contributed by atoms with E-state index < -0.39 is 5.60 Å². The van der Waals surface area contributed by atoms with Crippen molar-refractivity contribution in [1.29, 1.82) is 0 Å². The van der Waals surface area contributed by atoms with Crippen LogP contribution in [0.15, 0.2) is 23.4 Å². The molecular formula is C14H19NO3. The highest BCUT2D eigenvalue weighted by molar-refractivity contribution is 6.01. The highest BCUT2D eigenvalue weighted by atomic mass is 16.7. The molecule has 1 unspecified atom stereocenters. The van der Waals surface area contributed by atoms with E-state index in [-0.39, 0.29) is 13.2 Å². The zero-order chi connectivity index (χ0) is 13.2. The predicted octanol–water partition coefficient (Wildman–Crippen LogP) is 1.54. The van der Waals surface area contributed by atoms with Gasteiger partial charge in [0, 0.05) is 19.4 Å². The van der Waals surface area contributed by atoms with Gasteiger partial charge in [-0.25, -0.2) is 0 Å². The lowest BCUT2D eigenvalue weighted by molar-refractivity contribution is -0.0697. The Bertz CT molecular complexity index is 470. The molecule has 0 amide bonds. The van der Waals surface area contributed by atoms with Gasteiger partial charge in [-0.15, -0.1) is 0 Å². The topological polar surface area (TPSA) is 62.0 Å². The molecule has 0 bridgehead atoms. The number of nitrogens with zero attached hydrogens (tertiary/aromatic N) is 1. The second-order valence-corrected chi connectivity index (χ2v) is 4.92. The molecule has 1 aromatic rings. The molecule has 0 aromatic heterocycles. The Labute approximate surface area is 107 Å². The van der Waals surface area contributed by atoms with Crippen LogP contribution < -0.4 is 0 Å². The third-order valence-corrected chi connectivity index (χ3v) is 3.53. The summed E-state index contributed by atoms with van der Waals surface area (Å²) in [4.78, 5) is 5.35. The Kier molecular flexibility index (Phi) is 3.68. The summed E-state index contributed by atoms with van der Waals surface area (Å²) in [7, 11) is 0. The molecule has 1 aliphatic rings. The summed E-state index contributed by atoms with van der Waals surface area (Å²) < 4.78 is 0. The first-order chi connectivity index (χ1) is 8.60. The van der Waals surface area contributed by atoms with Gasteiger partial charge < -0.3 is 15.1 Å². The molecule has 0 aliphatic carbocycles. The van der Waals surface area contributed by atoms with E-state index >= 15 is 0 Å². The number of benzene rings is 1. The second-order valence-electron chi connectivity index (χ2n) is 4.92. The largest absolute Gasteiger partial charge is 0.396 e. The van der Waals surface area contributed by atoms with Crippen LogP contribution in [0.1, 0.15) is 29.5 Å². The number of aryl methyl sites for hydroxylation is 2. The van der Waals surface area contributed by atoms with Gasteiger partial charge in [-0.1, -0.05) is 17.3 Å². The fourth-order valence-electron chi connectivity index (χ4n) is 2.10. The van der Waals surface area contributed by atoms with Crippen molar-refractivity contribution in [2.75, 3.05) is 13.2 Å². The summed E-state index contributed by atoms with van der Waals surface area (Å²) in [5, 5.41) is 22.5. The fourth-order valence-corrected chi connectivity index (χ4v) is 2.10. The van der Waals surface area contributed by atoms with E-state index in [1.165, 1.54) is 11.1 Å². The molecule has 4 nitrogen and oxygen atoms in total. The van der Waals surface area contributed by atoms with Crippen molar-refractivity contribution in [2.45, 2.75) is 32.3 Å². The molecule has 1 atom stereocenters. The van der Waals surface area contributed by atoms with Crippen LogP contribution in [0.25, 0.3) is 0 Å². The monoisotopic (exact) mass is 249 g/mol. The molecule has 0 spiro atoms. The summed E-state index contributed by atoms with van der Waals surface area (Å²) >= 11 is 0. The van der Waals surface area contributed by atoms with Gasteiger partial charge in [0.1, 0.15) is 0 Å². The quantitative estimate of drug-likeness (QED) is 0.851. The molecular weight excluding hydrogens is 230 g/mol. The van der Waals surface area contributed by atoms with E-state index in [0.717, 1.165) is 11.3 Å². The van der Waals surface area contributed by atoms with Gasteiger partial charge >= 0.3 is 0 Å². The van der Waals surface area contributed by atoms with Crippen molar-refractivity contribution in [3.05, 3.63) is 34.9 Å². The third kappa shape index (κ3) is 2.40. The van der Waals surface area contributed by atoms with Gasteiger partial charge in [0.15, 0.2) is 5.60 Å². The number of aliphatic hydroxyl groups is 2. The van der Waals surface area contributed by atoms with Gasteiger partial charge in [-0.3, -0.25) is 0 Å². The first kappa shape index (κ1) is 13.1. The van der Waals surface area contributed by atoms with E-state index in [4.69, 9.17) is 9.94 Å². The summed E-state index contributed by atoms with van der Waals surface area (Å²) in [5.74, 6) is 0. The van der Waals surface area contributed by atoms with Gasteiger partial charge in [-0.2, -0.15) is 0 Å². The Hall–Kier alpha value is -1.39. The van der Waals surface area contributed by atoms with Gasteiger partial charge in [-0.05, 0) is 36.6 Å². The normalized spacial score (nSPS) is 22.8. The first-order valence-corrected chi connectivity index (χ1v) is 6.15. The molecule has 1 aromatic carbocycles. The average Bonchev–Trinajstić information content (AvgIpc) is 2.78. The summed E-state index contributed by atoms with van der Waals surface area (Å²) in [6, 6.07) is 6.14. The molecule has 1 heterocycles. The van der Waals surface area contributed by atoms with Crippen LogP contribution in [-0.2, 0) is 4.84 Å². The van der Waals surface area contributed by atoms with E-state index in [2.05, 4.69) is 31.1 Å².